The molecule has 2 aliphatic heterocycles. The minimum atomic E-state index is 0.878. The van der Waals surface area contributed by atoms with Crippen LogP contribution in [0.15, 0.2) is 0 Å². The van der Waals surface area contributed by atoms with Crippen molar-refractivity contribution in [2.45, 2.75) is 50.6 Å². The quantitative estimate of drug-likeness (QED) is 0.748. The molecule has 1 N–H and O–H groups in total. The largest absolute Gasteiger partial charge is 0.314 e. The third kappa shape index (κ3) is 3.25. The predicted molar refractivity (Wildman–Crippen MR) is 75.8 cm³/mol. The van der Waals surface area contributed by atoms with Crippen molar-refractivity contribution in [2.75, 3.05) is 39.8 Å². The van der Waals surface area contributed by atoms with Crippen LogP contribution in [-0.2, 0) is 0 Å². The SMILES string of the molecule is CN1CCCC2CN(CCCNC3CC3)CCC21. The van der Waals surface area contributed by atoms with E-state index < -0.39 is 0 Å². The van der Waals surface area contributed by atoms with Crippen LogP contribution < -0.4 is 5.32 Å². The summed E-state index contributed by atoms with van der Waals surface area (Å²) in [5.74, 6) is 0.953. The molecule has 0 amide bonds. The Kier molecular flexibility index (Phi) is 4.22. The maximum absolute atomic E-state index is 3.62. The smallest absolute Gasteiger partial charge is 0.0145 e. The normalized spacial score (nSPS) is 34.5. The average Bonchev–Trinajstić information content (AvgIpc) is 3.19. The second-order valence-electron chi connectivity index (χ2n) is 6.62. The third-order valence-corrected chi connectivity index (χ3v) is 5.09. The summed E-state index contributed by atoms with van der Waals surface area (Å²) in [5, 5.41) is 3.62. The van der Waals surface area contributed by atoms with Gasteiger partial charge in [0, 0.05) is 18.6 Å². The van der Waals surface area contributed by atoms with E-state index in [4.69, 9.17) is 0 Å². The molecule has 3 fully saturated rings. The monoisotopic (exact) mass is 251 g/mol. The minimum Gasteiger partial charge on any atom is -0.314 e. The van der Waals surface area contributed by atoms with Crippen molar-refractivity contribution in [3.05, 3.63) is 0 Å². The zero-order chi connectivity index (χ0) is 12.4. The number of piperidine rings is 2. The lowest BCUT2D eigenvalue weighted by Crippen LogP contribution is -2.52. The summed E-state index contributed by atoms with van der Waals surface area (Å²) in [4.78, 5) is 5.33. The van der Waals surface area contributed by atoms with Crippen LogP contribution in [0.25, 0.3) is 0 Å². The highest BCUT2D eigenvalue weighted by molar-refractivity contribution is 4.89. The summed E-state index contributed by atoms with van der Waals surface area (Å²) in [6, 6.07) is 1.77. The van der Waals surface area contributed by atoms with Crippen LogP contribution in [-0.4, -0.2) is 61.7 Å². The fourth-order valence-electron chi connectivity index (χ4n) is 3.83. The minimum absolute atomic E-state index is 0.878. The molecule has 0 spiro atoms. The van der Waals surface area contributed by atoms with Gasteiger partial charge in [0.1, 0.15) is 0 Å². The van der Waals surface area contributed by atoms with Crippen molar-refractivity contribution in [1.82, 2.24) is 15.1 Å². The molecule has 2 saturated heterocycles. The first-order chi connectivity index (χ1) is 8.83. The molecule has 2 unspecified atom stereocenters. The first-order valence-corrected chi connectivity index (χ1v) is 7.99. The molecule has 104 valence electrons. The molecule has 3 aliphatic rings. The molecule has 0 aromatic rings. The Bertz CT molecular complexity index is 264. The van der Waals surface area contributed by atoms with Gasteiger partial charge in [-0.1, -0.05) is 0 Å². The van der Waals surface area contributed by atoms with Gasteiger partial charge in [-0.2, -0.15) is 0 Å². The van der Waals surface area contributed by atoms with Gasteiger partial charge in [-0.15, -0.1) is 0 Å². The molecule has 3 nitrogen and oxygen atoms in total. The van der Waals surface area contributed by atoms with Gasteiger partial charge in [-0.3, -0.25) is 0 Å². The number of fused-ring (bicyclic) bond motifs is 1. The van der Waals surface area contributed by atoms with Crippen molar-refractivity contribution in [3.63, 3.8) is 0 Å². The fraction of sp³-hybridized carbons (Fsp3) is 1.00. The summed E-state index contributed by atoms with van der Waals surface area (Å²) < 4.78 is 0. The molecule has 0 aromatic heterocycles. The van der Waals surface area contributed by atoms with Gasteiger partial charge in [-0.05, 0) is 77.7 Å². The molecular weight excluding hydrogens is 222 g/mol. The van der Waals surface area contributed by atoms with E-state index in [1.807, 2.05) is 0 Å². The molecule has 2 atom stereocenters. The number of hydrogen-bond acceptors (Lipinski definition) is 3. The van der Waals surface area contributed by atoms with Crippen molar-refractivity contribution in [1.29, 1.82) is 0 Å². The van der Waals surface area contributed by atoms with Crippen molar-refractivity contribution >= 4 is 0 Å². The molecule has 3 heteroatoms. The van der Waals surface area contributed by atoms with E-state index in [0.29, 0.717) is 0 Å². The Hall–Kier alpha value is -0.120. The Balaban J connectivity index is 1.36. The van der Waals surface area contributed by atoms with E-state index >= 15 is 0 Å². The first-order valence-electron chi connectivity index (χ1n) is 7.99. The van der Waals surface area contributed by atoms with E-state index in [0.717, 1.165) is 18.0 Å². The molecule has 0 bridgehead atoms. The number of nitrogens with zero attached hydrogens (tertiary/aromatic N) is 2. The molecule has 0 radical (unpaired) electrons. The molecule has 0 aromatic carbocycles. The average molecular weight is 251 g/mol. The van der Waals surface area contributed by atoms with E-state index in [2.05, 4.69) is 22.2 Å². The highest BCUT2D eigenvalue weighted by atomic mass is 15.2. The second-order valence-corrected chi connectivity index (χ2v) is 6.62. The second kappa shape index (κ2) is 5.89. The molecule has 3 rings (SSSR count). The van der Waals surface area contributed by atoms with E-state index in [1.54, 1.807) is 0 Å². The van der Waals surface area contributed by atoms with Crippen LogP contribution in [0, 0.1) is 5.92 Å². The van der Waals surface area contributed by atoms with Gasteiger partial charge >= 0.3 is 0 Å². The van der Waals surface area contributed by atoms with Gasteiger partial charge in [-0.25, -0.2) is 0 Å². The molecule has 18 heavy (non-hydrogen) atoms. The molecule has 1 aliphatic carbocycles. The van der Waals surface area contributed by atoms with Crippen LogP contribution in [0.4, 0.5) is 0 Å². The Labute approximate surface area is 112 Å². The summed E-state index contributed by atoms with van der Waals surface area (Å²) in [5.41, 5.74) is 0. The first kappa shape index (κ1) is 12.9. The number of hydrogen-bond donors (Lipinski definition) is 1. The lowest BCUT2D eigenvalue weighted by Gasteiger charge is -2.46. The number of likely N-dealkylation sites (tertiary alicyclic amines) is 2. The highest BCUT2D eigenvalue weighted by Gasteiger charge is 2.33. The van der Waals surface area contributed by atoms with Crippen LogP contribution in [0.1, 0.15) is 38.5 Å². The Morgan fingerprint density at radius 1 is 1.11 bits per heavy atom. The molecular formula is C15H29N3. The molecule has 2 heterocycles. The van der Waals surface area contributed by atoms with Gasteiger partial charge in [0.05, 0.1) is 0 Å². The Morgan fingerprint density at radius 3 is 2.83 bits per heavy atom. The van der Waals surface area contributed by atoms with Crippen LogP contribution in [0.5, 0.6) is 0 Å². The lowest BCUT2D eigenvalue weighted by molar-refractivity contribution is 0.0383. The summed E-state index contributed by atoms with van der Waals surface area (Å²) in [6.45, 7) is 6.56. The van der Waals surface area contributed by atoms with Crippen molar-refractivity contribution in [3.8, 4) is 0 Å². The van der Waals surface area contributed by atoms with Gasteiger partial charge in [0.15, 0.2) is 0 Å². The van der Waals surface area contributed by atoms with Gasteiger partial charge in [0.2, 0.25) is 0 Å². The summed E-state index contributed by atoms with van der Waals surface area (Å²) in [7, 11) is 2.33. The maximum Gasteiger partial charge on any atom is 0.0145 e. The lowest BCUT2D eigenvalue weighted by atomic mass is 9.84. The van der Waals surface area contributed by atoms with Crippen LogP contribution >= 0.6 is 0 Å². The number of rotatable bonds is 5. The standard InChI is InChI=1S/C15H29N3/c1-17-9-2-4-13-12-18(11-7-15(13)17)10-3-8-16-14-5-6-14/h13-16H,2-12H2,1H3. The van der Waals surface area contributed by atoms with Gasteiger partial charge in [0.25, 0.3) is 0 Å². The molecule has 1 saturated carbocycles. The van der Waals surface area contributed by atoms with E-state index in [1.165, 1.54) is 71.2 Å². The fourth-order valence-corrected chi connectivity index (χ4v) is 3.83. The highest BCUT2D eigenvalue weighted by Crippen LogP contribution is 2.29. The van der Waals surface area contributed by atoms with Crippen LogP contribution in [0.2, 0.25) is 0 Å². The van der Waals surface area contributed by atoms with Crippen molar-refractivity contribution in [2.24, 2.45) is 5.92 Å². The third-order valence-electron chi connectivity index (χ3n) is 5.09. The van der Waals surface area contributed by atoms with Crippen molar-refractivity contribution < 1.29 is 0 Å². The van der Waals surface area contributed by atoms with E-state index in [-0.39, 0.29) is 0 Å². The van der Waals surface area contributed by atoms with Crippen LogP contribution in [0.3, 0.4) is 0 Å². The predicted octanol–water partition coefficient (Wildman–Crippen LogP) is 1.54. The summed E-state index contributed by atoms with van der Waals surface area (Å²) >= 11 is 0. The van der Waals surface area contributed by atoms with Gasteiger partial charge < -0.3 is 15.1 Å². The zero-order valence-corrected chi connectivity index (χ0v) is 11.9. The van der Waals surface area contributed by atoms with E-state index in [9.17, 15) is 0 Å². The topological polar surface area (TPSA) is 18.5 Å². The maximum atomic E-state index is 3.62. The zero-order valence-electron chi connectivity index (χ0n) is 11.9. The number of nitrogens with one attached hydrogen (secondary N) is 1. The Morgan fingerprint density at radius 2 is 2.00 bits per heavy atom. The summed E-state index contributed by atoms with van der Waals surface area (Å²) in [6.07, 6.45) is 8.45.